The Kier molecular flexibility index (Phi) is 5.26. The fourth-order valence-electron chi connectivity index (χ4n) is 3.03. The van der Waals surface area contributed by atoms with Crippen LogP contribution in [-0.4, -0.2) is 43.2 Å². The minimum atomic E-state index is -4.25. The summed E-state index contributed by atoms with van der Waals surface area (Å²) in [5, 5.41) is 4.21. The van der Waals surface area contributed by atoms with Crippen LogP contribution in [0.15, 0.2) is 24.3 Å². The number of fused-ring (bicyclic) bond motifs is 1. The predicted molar refractivity (Wildman–Crippen MR) is 94.4 cm³/mol. The van der Waals surface area contributed by atoms with Gasteiger partial charge < -0.3 is 19.4 Å². The zero-order chi connectivity index (χ0) is 17.3. The van der Waals surface area contributed by atoms with Gasteiger partial charge in [0.2, 0.25) is 0 Å². The topological polar surface area (TPSA) is 35.4 Å². The van der Waals surface area contributed by atoms with Crippen LogP contribution in [0.25, 0.3) is 10.9 Å². The van der Waals surface area contributed by atoms with Gasteiger partial charge in [-0.2, -0.15) is 13.2 Å². The number of hydrogen-bond acceptors (Lipinski definition) is 3. The van der Waals surface area contributed by atoms with Gasteiger partial charge in [-0.1, -0.05) is 6.07 Å². The van der Waals surface area contributed by atoms with Gasteiger partial charge >= 0.3 is 6.18 Å². The third-order valence-corrected chi connectivity index (χ3v) is 5.07. The third kappa shape index (κ3) is 3.80. The Morgan fingerprint density at radius 2 is 2.21 bits per heavy atom. The van der Waals surface area contributed by atoms with Crippen molar-refractivity contribution in [3.8, 4) is 0 Å². The summed E-state index contributed by atoms with van der Waals surface area (Å²) in [7, 11) is 1.64. The van der Waals surface area contributed by atoms with E-state index in [0.29, 0.717) is 22.4 Å². The number of rotatable bonds is 4. The molecule has 1 saturated heterocycles. The van der Waals surface area contributed by atoms with Crippen molar-refractivity contribution < 1.29 is 22.6 Å². The van der Waals surface area contributed by atoms with E-state index in [1.54, 1.807) is 25.3 Å². The van der Waals surface area contributed by atoms with Gasteiger partial charge in [-0.15, -0.1) is 0 Å². The molecule has 1 aromatic carbocycles. The number of aromatic nitrogens is 1. The lowest BCUT2D eigenvalue weighted by molar-refractivity contribution is -0.140. The lowest BCUT2D eigenvalue weighted by Gasteiger charge is -2.32. The van der Waals surface area contributed by atoms with Gasteiger partial charge in [0, 0.05) is 24.8 Å². The molecule has 2 aromatic rings. The number of hydrogen-bond donors (Lipinski definition) is 1. The Labute approximate surface area is 151 Å². The van der Waals surface area contributed by atoms with Gasteiger partial charge in [-0.3, -0.25) is 0 Å². The van der Waals surface area contributed by atoms with Crippen LogP contribution in [0, 0.1) is 3.70 Å². The molecule has 0 aliphatic carbocycles. The molecule has 24 heavy (non-hydrogen) atoms. The summed E-state index contributed by atoms with van der Waals surface area (Å²) < 4.78 is 51.2. The largest absolute Gasteiger partial charge is 0.406 e. The number of benzene rings is 1. The minimum absolute atomic E-state index is 0.0676. The molecule has 4 nitrogen and oxygen atoms in total. The van der Waals surface area contributed by atoms with Gasteiger partial charge in [0.15, 0.2) is 0 Å². The van der Waals surface area contributed by atoms with Gasteiger partial charge in [0.25, 0.3) is 0 Å². The van der Waals surface area contributed by atoms with Crippen molar-refractivity contribution in [1.29, 1.82) is 0 Å². The van der Waals surface area contributed by atoms with Crippen LogP contribution in [-0.2, 0) is 16.0 Å². The fourth-order valence-corrected chi connectivity index (χ4v) is 3.77. The number of nitrogens with zero attached hydrogens (tertiary/aromatic N) is 1. The molecule has 1 aromatic heterocycles. The van der Waals surface area contributed by atoms with Crippen LogP contribution in [0.3, 0.4) is 0 Å². The molecule has 0 spiro atoms. The van der Waals surface area contributed by atoms with Crippen molar-refractivity contribution in [3.05, 3.63) is 28.0 Å². The molecule has 1 N–H and O–H groups in total. The average Bonchev–Trinajstić information content (AvgIpc) is 2.84. The maximum absolute atomic E-state index is 12.8. The number of anilines is 1. The highest BCUT2D eigenvalue weighted by molar-refractivity contribution is 14.1. The lowest BCUT2D eigenvalue weighted by Crippen LogP contribution is -2.43. The standard InChI is InChI=1S/C16H18F3IN2O2/c1-23-14-8-24-6-5-12(14)21-11-3-2-4-13-10(11)7-15(20)22(13)9-16(17,18)19/h2-4,7,12,14,21H,5-6,8-9H2,1H3/t12-,14+/m0/s1. The molecule has 0 unspecified atom stereocenters. The van der Waals surface area contributed by atoms with Gasteiger partial charge in [0.05, 0.1) is 21.9 Å². The fraction of sp³-hybridized carbons (Fsp3) is 0.500. The number of methoxy groups -OCH3 is 1. The Morgan fingerprint density at radius 1 is 1.42 bits per heavy atom. The Morgan fingerprint density at radius 3 is 2.92 bits per heavy atom. The maximum Gasteiger partial charge on any atom is 0.406 e. The monoisotopic (exact) mass is 454 g/mol. The number of nitrogens with one attached hydrogen (secondary N) is 1. The number of ether oxygens (including phenoxy) is 2. The molecule has 2 heterocycles. The van der Waals surface area contributed by atoms with E-state index in [2.05, 4.69) is 5.32 Å². The first kappa shape index (κ1) is 17.8. The summed E-state index contributed by atoms with van der Waals surface area (Å²) in [6, 6.07) is 7.22. The summed E-state index contributed by atoms with van der Waals surface area (Å²) in [5.74, 6) is 0. The van der Waals surface area contributed by atoms with Crippen LogP contribution in [0.2, 0.25) is 0 Å². The van der Waals surface area contributed by atoms with Gasteiger partial charge in [-0.05, 0) is 47.2 Å². The molecule has 1 fully saturated rings. The quantitative estimate of drug-likeness (QED) is 0.710. The highest BCUT2D eigenvalue weighted by Crippen LogP contribution is 2.32. The molecule has 8 heteroatoms. The molecule has 1 aliphatic rings. The Hall–Kier alpha value is -1.00. The zero-order valence-corrected chi connectivity index (χ0v) is 15.2. The second kappa shape index (κ2) is 7.09. The smallest absolute Gasteiger partial charge is 0.379 e. The van der Waals surface area contributed by atoms with E-state index in [-0.39, 0.29) is 12.1 Å². The minimum Gasteiger partial charge on any atom is -0.379 e. The van der Waals surface area contributed by atoms with Crippen molar-refractivity contribution >= 4 is 39.2 Å². The van der Waals surface area contributed by atoms with E-state index >= 15 is 0 Å². The third-order valence-electron chi connectivity index (χ3n) is 4.18. The summed E-state index contributed by atoms with van der Waals surface area (Å²) in [6.45, 7) is 0.160. The second-order valence-electron chi connectivity index (χ2n) is 5.80. The molecule has 2 atom stereocenters. The molecule has 0 saturated carbocycles. The van der Waals surface area contributed by atoms with Crippen LogP contribution in [0.5, 0.6) is 0 Å². The zero-order valence-electron chi connectivity index (χ0n) is 13.1. The lowest BCUT2D eigenvalue weighted by atomic mass is 10.0. The van der Waals surface area contributed by atoms with E-state index in [1.807, 2.05) is 28.7 Å². The van der Waals surface area contributed by atoms with Gasteiger partial charge in [-0.25, -0.2) is 0 Å². The van der Waals surface area contributed by atoms with Crippen molar-refractivity contribution in [2.24, 2.45) is 0 Å². The molecule has 1 aliphatic heterocycles. The summed E-state index contributed by atoms with van der Waals surface area (Å²) in [5.41, 5.74) is 1.39. The molecule has 0 radical (unpaired) electrons. The van der Waals surface area contributed by atoms with E-state index in [1.165, 1.54) is 4.57 Å². The molecule has 132 valence electrons. The van der Waals surface area contributed by atoms with E-state index in [4.69, 9.17) is 9.47 Å². The molecular formula is C16H18F3IN2O2. The first-order valence-corrected chi connectivity index (χ1v) is 8.68. The second-order valence-corrected chi connectivity index (χ2v) is 6.90. The highest BCUT2D eigenvalue weighted by Gasteiger charge is 2.30. The molecular weight excluding hydrogens is 436 g/mol. The van der Waals surface area contributed by atoms with Gasteiger partial charge in [0.1, 0.15) is 12.6 Å². The number of alkyl halides is 3. The summed E-state index contributed by atoms with van der Waals surface area (Å²) in [4.78, 5) is 0. The van der Waals surface area contributed by atoms with Crippen molar-refractivity contribution in [3.63, 3.8) is 0 Å². The summed E-state index contributed by atoms with van der Waals surface area (Å²) in [6.07, 6.45) is -3.54. The molecule has 3 rings (SSSR count). The van der Waals surface area contributed by atoms with Crippen LogP contribution < -0.4 is 5.32 Å². The number of halogens is 4. The van der Waals surface area contributed by atoms with Crippen molar-refractivity contribution in [2.75, 3.05) is 25.6 Å². The van der Waals surface area contributed by atoms with E-state index in [9.17, 15) is 13.2 Å². The predicted octanol–water partition coefficient (Wildman–Crippen LogP) is 4.02. The van der Waals surface area contributed by atoms with Crippen molar-refractivity contribution in [2.45, 2.75) is 31.3 Å². The molecule has 0 amide bonds. The molecule has 0 bridgehead atoms. The Balaban J connectivity index is 1.93. The van der Waals surface area contributed by atoms with E-state index in [0.717, 1.165) is 17.5 Å². The Bertz CT molecular complexity index is 717. The highest BCUT2D eigenvalue weighted by atomic mass is 127. The van der Waals surface area contributed by atoms with Crippen LogP contribution >= 0.6 is 22.6 Å². The SMILES string of the molecule is CO[C@@H]1COCC[C@@H]1Nc1cccc2c1cc(I)n2CC(F)(F)F. The first-order valence-electron chi connectivity index (χ1n) is 7.60. The van der Waals surface area contributed by atoms with Crippen LogP contribution in [0.1, 0.15) is 6.42 Å². The van der Waals surface area contributed by atoms with Crippen LogP contribution in [0.4, 0.5) is 18.9 Å². The average molecular weight is 454 g/mol. The normalized spacial score (nSPS) is 22.0. The first-order chi connectivity index (χ1) is 11.4. The maximum atomic E-state index is 12.8. The van der Waals surface area contributed by atoms with Crippen molar-refractivity contribution in [1.82, 2.24) is 4.57 Å². The van der Waals surface area contributed by atoms with E-state index < -0.39 is 12.7 Å². The summed E-state index contributed by atoms with van der Waals surface area (Å²) >= 11 is 1.94.